The van der Waals surface area contributed by atoms with Gasteiger partial charge in [0.2, 0.25) is 35.4 Å². The molecule has 6 amide bonds. The largest absolute Gasteiger partial charge is 0.370 e. The molecule has 0 fully saturated rings. The fourth-order valence-corrected chi connectivity index (χ4v) is 12.2. The number of guanidine groups is 1. The average Bonchev–Trinajstić information content (AvgIpc) is 1.47. The summed E-state index contributed by atoms with van der Waals surface area (Å²) in [5.74, 6) is -12.8. The van der Waals surface area contributed by atoms with Crippen molar-refractivity contribution < 1.29 is 91.1 Å². The minimum atomic E-state index is -2.07. The number of Topliss-reactive ketones (excluding diaryl/α,β-unsaturated/α-hetero) is 5. The molecule has 0 saturated heterocycles. The Morgan fingerprint density at radius 1 is 0.526 bits per heavy atom. The van der Waals surface area contributed by atoms with E-state index < -0.39 is 218 Å². The van der Waals surface area contributed by atoms with Crippen molar-refractivity contribution in [2.75, 3.05) is 6.54 Å². The fraction of sp³-hybridized carbons (Fsp3) is 0.610. The van der Waals surface area contributed by atoms with Crippen molar-refractivity contribution in [3.63, 3.8) is 0 Å². The van der Waals surface area contributed by atoms with E-state index in [-0.39, 0.29) is 62.7 Å². The second-order valence-electron chi connectivity index (χ2n) is 29.6. The molecule has 1 heterocycles. The molecule has 0 unspecified atom stereocenters. The van der Waals surface area contributed by atoms with Crippen LogP contribution in [-0.4, -0.2) is 229 Å². The summed E-state index contributed by atoms with van der Waals surface area (Å²) >= 11 is 0. The molecule has 19 atom stereocenters. The second kappa shape index (κ2) is 52.4. The van der Waals surface area contributed by atoms with Crippen LogP contribution in [0.5, 0.6) is 0 Å². The molecule has 0 aliphatic heterocycles. The van der Waals surface area contributed by atoms with Gasteiger partial charge in [-0.1, -0.05) is 85.6 Å². The van der Waals surface area contributed by atoms with Crippen LogP contribution in [-0.2, 0) is 97.5 Å². The Hall–Kier alpha value is -10.0. The number of aromatic amines is 1. The predicted octanol–water partition coefficient (Wildman–Crippen LogP) is -2.42. The van der Waals surface area contributed by atoms with Gasteiger partial charge in [0.25, 0.3) is 0 Å². The van der Waals surface area contributed by atoms with E-state index >= 15 is 24.0 Å². The lowest BCUT2D eigenvalue weighted by molar-refractivity contribution is -0.137. The van der Waals surface area contributed by atoms with Gasteiger partial charge in [-0.3, -0.25) is 101 Å². The number of nitrogens with one attached hydrogen (secondary N) is 15. The molecular weight excluding hydrogens is 1480 g/mol. The van der Waals surface area contributed by atoms with Crippen LogP contribution in [0.1, 0.15) is 171 Å². The summed E-state index contributed by atoms with van der Waals surface area (Å²) in [6.07, 6.45) is -4.68. The first kappa shape index (κ1) is 100. The van der Waals surface area contributed by atoms with Crippen LogP contribution in [0.2, 0.25) is 0 Å². The van der Waals surface area contributed by atoms with Gasteiger partial charge in [0.1, 0.15) is 80.7 Å². The summed E-state index contributed by atoms with van der Waals surface area (Å²) < 4.78 is 0. The molecule has 1 aromatic heterocycles. The van der Waals surface area contributed by atoms with Gasteiger partial charge in [-0.25, -0.2) is 0 Å². The Bertz CT molecular complexity index is 3610. The summed E-state index contributed by atoms with van der Waals surface area (Å²) in [4.78, 5) is 262. The number of hydrogen-bond acceptors (Lipinski definition) is 28. The van der Waals surface area contributed by atoms with Crippen molar-refractivity contribution >= 4 is 132 Å². The zero-order valence-electron chi connectivity index (χ0n) is 66.8. The van der Waals surface area contributed by atoms with E-state index in [1.54, 1.807) is 78.1 Å². The molecule has 21 N–H and O–H groups in total. The van der Waals surface area contributed by atoms with Gasteiger partial charge in [0, 0.05) is 62.2 Å². The van der Waals surface area contributed by atoms with Crippen LogP contribution in [0.15, 0.2) is 43.1 Å². The minimum Gasteiger partial charge on any atom is -0.370 e. The molecule has 0 spiro atoms. The van der Waals surface area contributed by atoms with Crippen LogP contribution in [0, 0.1) is 28.6 Å². The Balaban J connectivity index is 2.95. The lowest BCUT2D eigenvalue weighted by Crippen LogP contribution is -2.63. The van der Waals surface area contributed by atoms with Gasteiger partial charge in [-0.15, -0.1) is 6.58 Å². The Morgan fingerprint density at radius 3 is 1.37 bits per heavy atom. The smallest absolute Gasteiger partial charge is 0.239 e. The maximum Gasteiger partial charge on any atom is 0.239 e. The number of rotatable bonds is 66. The maximum absolute atomic E-state index is 15.2. The molecule has 37 nitrogen and oxygen atoms in total. The van der Waals surface area contributed by atoms with Crippen LogP contribution in [0.3, 0.4) is 0 Å². The molecule has 2 rings (SSSR count). The van der Waals surface area contributed by atoms with Gasteiger partial charge in [-0.05, 0) is 102 Å². The number of fused-ring (bicyclic) bond motifs is 1. The molecule has 1 aromatic carbocycles. The molecule has 0 radical (unpaired) electrons. The van der Waals surface area contributed by atoms with Gasteiger partial charge < -0.3 is 87.1 Å². The Kier molecular flexibility index (Phi) is 46.0. The third-order valence-corrected chi connectivity index (χ3v) is 19.4. The topological polar surface area (TPSA) is 598 Å². The second-order valence-corrected chi connectivity index (χ2v) is 29.6. The van der Waals surface area contributed by atoms with Crippen LogP contribution < -0.4 is 86.3 Å². The Morgan fingerprint density at radius 2 is 0.956 bits per heavy atom. The van der Waals surface area contributed by atoms with E-state index in [0.29, 0.717) is 86.2 Å². The summed E-state index contributed by atoms with van der Waals surface area (Å²) in [6, 6.07) is -10.1. The number of para-hydroxylation sites is 1. The monoisotopic (exact) mass is 1600 g/mol. The van der Waals surface area contributed by atoms with Gasteiger partial charge in [0.15, 0.2) is 29.1 Å². The minimum absolute atomic E-state index is 0.0105. The number of carbonyl (C=O) groups is 19. The van der Waals surface area contributed by atoms with Crippen molar-refractivity contribution in [3.05, 3.63) is 48.7 Å². The number of hydrogen-bond donors (Lipinski definition) is 18. The molecule has 114 heavy (non-hydrogen) atoms. The first-order valence-corrected chi connectivity index (χ1v) is 38.3. The average molecular weight is 1600 g/mol. The number of aldehydes is 8. The standard InChI is InChI=1S/C77H120N18O19/c1-12-15-18-25-77(11,75(79)114)33-65(108)70(88-50(37-98)20-19-26-82-76(80)81)95-73(112)58(87-52(39-100)27-43(4)5)31-63(106)67(84-46(8)35-96)92-72(111)57(86-51(38-99)23-24-66(78)109)30-62(105)68(85-47(9)36-97)93-74(113)59(91-61(42-103)45(7)14-3)32-64(107)69(89-53(40-101)29-49-34-83-55-22-17-16-21-54(49)55)94-71(110)56(28-48(10)104)90-60(41-102)44(6)13-2/h12,16-17,21-22,34-47,50-53,56-61,67-70,83-91H,1,13-15,18-20,23-33H2,2-11H3,(H2,78,109)(H2,79,114)(H,92,111)(H,93,113)(H,94,110)(H,95,112)(H4,80,81,82)/t44-,45-,46-,47-,50-,51-,52-,53-,56+,57+,58+,59+,60+,61+,67+,68+,69+,70+,77+/m0/s1. The fourth-order valence-electron chi connectivity index (χ4n) is 12.2. The van der Waals surface area contributed by atoms with Crippen LogP contribution in [0.4, 0.5) is 0 Å². The third-order valence-electron chi connectivity index (χ3n) is 19.4. The van der Waals surface area contributed by atoms with E-state index in [9.17, 15) is 67.1 Å². The highest BCUT2D eigenvalue weighted by atomic mass is 16.2. The molecule has 0 aliphatic carbocycles. The summed E-state index contributed by atoms with van der Waals surface area (Å²) in [5, 5.41) is 42.8. The normalized spacial score (nSPS) is 16.7. The van der Waals surface area contributed by atoms with Crippen molar-refractivity contribution in [2.24, 2.45) is 40.4 Å². The Labute approximate surface area is 664 Å². The lowest BCUT2D eigenvalue weighted by Gasteiger charge is -2.31. The predicted molar refractivity (Wildman–Crippen MR) is 421 cm³/mol. The van der Waals surface area contributed by atoms with Crippen molar-refractivity contribution in [3.8, 4) is 0 Å². The highest BCUT2D eigenvalue weighted by Crippen LogP contribution is 2.29. The number of aromatic nitrogens is 1. The number of ketones is 5. The number of nitrogens with two attached hydrogens (primary N) is 3. The van der Waals surface area contributed by atoms with Gasteiger partial charge in [0.05, 0.1) is 77.9 Å². The number of benzene rings is 1. The maximum atomic E-state index is 15.2. The van der Waals surface area contributed by atoms with Gasteiger partial charge in [-0.2, -0.15) is 0 Å². The van der Waals surface area contributed by atoms with Gasteiger partial charge >= 0.3 is 0 Å². The number of unbranched alkanes of at least 4 members (excludes halogenated alkanes) is 1. The summed E-state index contributed by atoms with van der Waals surface area (Å²) in [6.45, 7) is 19.3. The summed E-state index contributed by atoms with van der Waals surface area (Å²) in [7, 11) is 0. The van der Waals surface area contributed by atoms with Crippen molar-refractivity contribution in [1.82, 2.24) is 74.1 Å². The quantitative estimate of drug-likeness (QED) is 0.00818. The third kappa shape index (κ3) is 35.6. The van der Waals surface area contributed by atoms with E-state index in [0.717, 1.165) is 0 Å². The van der Waals surface area contributed by atoms with E-state index in [1.807, 2.05) is 0 Å². The van der Waals surface area contributed by atoms with E-state index in [4.69, 9.17) is 22.6 Å². The van der Waals surface area contributed by atoms with E-state index in [2.05, 4.69) is 80.7 Å². The van der Waals surface area contributed by atoms with Crippen LogP contribution >= 0.6 is 0 Å². The number of allylic oxidation sites excluding steroid dienone is 1. The number of H-pyrrole nitrogens is 1. The first-order chi connectivity index (χ1) is 53.9. The molecule has 0 aliphatic rings. The highest BCUT2D eigenvalue weighted by molar-refractivity contribution is 6.01. The molecule has 0 bridgehead atoms. The van der Waals surface area contributed by atoms with Crippen LogP contribution in [0.25, 0.3) is 10.9 Å². The highest BCUT2D eigenvalue weighted by Gasteiger charge is 2.41. The molecule has 632 valence electrons. The van der Waals surface area contributed by atoms with Crippen molar-refractivity contribution in [2.45, 2.75) is 269 Å². The molecule has 2 aromatic rings. The first-order valence-electron chi connectivity index (χ1n) is 38.3. The number of carbonyl (C=O) groups excluding carboxylic acids is 19. The zero-order chi connectivity index (χ0) is 85.9. The number of primary amides is 2. The SMILES string of the molecule is C=CCCC[C@](C)(CC(=O)[C@@H](NC(=O)[C@@H](CC(=O)[C@@H](NC(=O)[C@@H](CC(=O)[C@@H](NC(=O)[C@@H](CC(=O)[C@@H](NC(=O)[C@@H](CC(C)=O)N[C@H](C=O)[C@@H](C)CC)N[C@H](C=O)Cc1c[nH]c2ccccc12)N[C@H](C=O)[C@@H](C)CC)N[C@@H](C)C=O)N[C@H](C=O)CCC(N)=O)N[C@@H](C)C=O)N[C@H](C=O)CC(C)C)N[C@H](C=O)CCCNC(=N)N)C(N)=O. The van der Waals surface area contributed by atoms with Crippen molar-refractivity contribution in [1.29, 1.82) is 5.41 Å². The molecular formula is C77H120N18O19. The number of amides is 6. The zero-order valence-corrected chi connectivity index (χ0v) is 66.8. The molecule has 37 heteroatoms. The summed E-state index contributed by atoms with van der Waals surface area (Å²) in [5.41, 5.74) is 16.5. The lowest BCUT2D eigenvalue weighted by atomic mass is 9.79. The van der Waals surface area contributed by atoms with E-state index in [1.165, 1.54) is 27.7 Å². The molecule has 0 saturated carbocycles.